The van der Waals surface area contributed by atoms with Crippen molar-refractivity contribution in [2.24, 2.45) is 0 Å². The molecule has 0 aromatic heterocycles. The third-order valence-electron chi connectivity index (χ3n) is 5.04. The average Bonchev–Trinajstić information content (AvgIpc) is 2.84. The highest BCUT2D eigenvalue weighted by Crippen LogP contribution is 2.32. The molecular formula is C25H24N2O5. The van der Waals surface area contributed by atoms with E-state index in [9.17, 15) is 10.1 Å². The molecule has 7 heteroatoms. The largest absolute Gasteiger partial charge is 0.497 e. The first-order valence-corrected chi connectivity index (χ1v) is 9.80. The SMILES string of the molecule is COc1ccc(CNC(=O)/C(C#N)=C/c2c(OC)ccc3ccc(OC)cc23)c(OC)c1. The lowest BCUT2D eigenvalue weighted by molar-refractivity contribution is -0.117. The Bertz CT molecular complexity index is 1210. The van der Waals surface area contributed by atoms with Crippen LogP contribution in [-0.4, -0.2) is 34.3 Å². The summed E-state index contributed by atoms with van der Waals surface area (Å²) in [7, 11) is 6.23. The van der Waals surface area contributed by atoms with E-state index in [2.05, 4.69) is 5.32 Å². The number of carbonyl (C=O) groups is 1. The molecule has 0 bridgehead atoms. The first kappa shape index (κ1) is 22.5. The molecule has 0 radical (unpaired) electrons. The van der Waals surface area contributed by atoms with Crippen LogP contribution in [0.25, 0.3) is 16.8 Å². The number of methoxy groups -OCH3 is 4. The van der Waals surface area contributed by atoms with Crippen molar-refractivity contribution in [2.45, 2.75) is 6.54 Å². The van der Waals surface area contributed by atoms with E-state index in [1.165, 1.54) is 6.08 Å². The van der Waals surface area contributed by atoms with Gasteiger partial charge >= 0.3 is 0 Å². The van der Waals surface area contributed by atoms with Gasteiger partial charge in [-0.3, -0.25) is 4.79 Å². The Hall–Kier alpha value is -4.18. The van der Waals surface area contributed by atoms with E-state index >= 15 is 0 Å². The van der Waals surface area contributed by atoms with Gasteiger partial charge in [-0.05, 0) is 47.2 Å². The molecule has 32 heavy (non-hydrogen) atoms. The van der Waals surface area contributed by atoms with Gasteiger partial charge in [-0.2, -0.15) is 5.26 Å². The minimum absolute atomic E-state index is 0.0499. The second kappa shape index (κ2) is 10.2. The average molecular weight is 432 g/mol. The van der Waals surface area contributed by atoms with E-state index in [1.54, 1.807) is 52.7 Å². The van der Waals surface area contributed by atoms with E-state index in [-0.39, 0.29) is 12.1 Å². The fourth-order valence-electron chi connectivity index (χ4n) is 3.32. The van der Waals surface area contributed by atoms with Crippen LogP contribution in [0.1, 0.15) is 11.1 Å². The van der Waals surface area contributed by atoms with Gasteiger partial charge in [0.1, 0.15) is 34.6 Å². The molecule has 0 heterocycles. The Morgan fingerprint density at radius 1 is 0.906 bits per heavy atom. The van der Waals surface area contributed by atoms with Gasteiger partial charge in [-0.25, -0.2) is 0 Å². The van der Waals surface area contributed by atoms with Crippen molar-refractivity contribution in [3.63, 3.8) is 0 Å². The summed E-state index contributed by atoms with van der Waals surface area (Å²) in [6, 6.07) is 16.6. The summed E-state index contributed by atoms with van der Waals surface area (Å²) in [6.45, 7) is 0.186. The summed E-state index contributed by atoms with van der Waals surface area (Å²) < 4.78 is 21.4. The van der Waals surface area contributed by atoms with Crippen LogP contribution >= 0.6 is 0 Å². The van der Waals surface area contributed by atoms with E-state index in [4.69, 9.17) is 18.9 Å². The van der Waals surface area contributed by atoms with Gasteiger partial charge in [-0.15, -0.1) is 0 Å². The Morgan fingerprint density at radius 2 is 1.56 bits per heavy atom. The molecule has 0 aliphatic rings. The van der Waals surface area contributed by atoms with Crippen LogP contribution < -0.4 is 24.3 Å². The van der Waals surface area contributed by atoms with E-state index in [0.29, 0.717) is 28.6 Å². The van der Waals surface area contributed by atoms with Crippen LogP contribution in [0.3, 0.4) is 0 Å². The molecule has 0 saturated carbocycles. The highest BCUT2D eigenvalue weighted by atomic mass is 16.5. The number of nitrogens with one attached hydrogen (secondary N) is 1. The predicted octanol–water partition coefficient (Wildman–Crippen LogP) is 4.10. The molecule has 3 rings (SSSR count). The molecular weight excluding hydrogens is 408 g/mol. The Morgan fingerprint density at radius 3 is 2.22 bits per heavy atom. The van der Waals surface area contributed by atoms with Crippen molar-refractivity contribution in [3.8, 4) is 29.1 Å². The number of hydrogen-bond acceptors (Lipinski definition) is 6. The molecule has 1 N–H and O–H groups in total. The summed E-state index contributed by atoms with van der Waals surface area (Å²) in [5.74, 6) is 1.92. The first-order chi connectivity index (χ1) is 15.5. The Kier molecular flexibility index (Phi) is 7.19. The van der Waals surface area contributed by atoms with Gasteiger partial charge in [-0.1, -0.05) is 12.1 Å². The molecule has 0 atom stereocenters. The zero-order valence-electron chi connectivity index (χ0n) is 18.4. The summed E-state index contributed by atoms with van der Waals surface area (Å²) >= 11 is 0. The number of carbonyl (C=O) groups excluding carboxylic acids is 1. The number of hydrogen-bond donors (Lipinski definition) is 1. The lowest BCUT2D eigenvalue weighted by atomic mass is 10.0. The topological polar surface area (TPSA) is 89.8 Å². The summed E-state index contributed by atoms with van der Waals surface area (Å²) in [6.07, 6.45) is 1.53. The molecule has 0 aliphatic heterocycles. The summed E-state index contributed by atoms with van der Waals surface area (Å²) in [4.78, 5) is 12.8. The predicted molar refractivity (Wildman–Crippen MR) is 122 cm³/mol. The fraction of sp³-hybridized carbons (Fsp3) is 0.200. The molecule has 164 valence electrons. The number of amides is 1. The summed E-state index contributed by atoms with van der Waals surface area (Å²) in [5.41, 5.74) is 1.33. The quantitative estimate of drug-likeness (QED) is 0.426. The first-order valence-electron chi connectivity index (χ1n) is 9.80. The third kappa shape index (κ3) is 4.76. The molecule has 1 amide bonds. The summed E-state index contributed by atoms with van der Waals surface area (Å²) in [5, 5.41) is 14.2. The lowest BCUT2D eigenvalue weighted by Gasteiger charge is -2.12. The monoisotopic (exact) mass is 432 g/mol. The normalized spacial score (nSPS) is 10.9. The van der Waals surface area contributed by atoms with Gasteiger partial charge in [0, 0.05) is 23.7 Å². The van der Waals surface area contributed by atoms with Crippen molar-refractivity contribution in [2.75, 3.05) is 28.4 Å². The second-order valence-electron chi connectivity index (χ2n) is 6.80. The fourth-order valence-corrected chi connectivity index (χ4v) is 3.32. The standard InChI is InChI=1S/C25H24N2O5/c1-29-19-8-5-16-7-10-23(31-3)22(21(16)12-19)11-18(14-26)25(28)27-15-17-6-9-20(30-2)13-24(17)32-4/h5-13H,15H2,1-4H3,(H,27,28)/b18-11+. The maximum atomic E-state index is 12.8. The van der Waals surface area contributed by atoms with Crippen LogP contribution in [0.4, 0.5) is 0 Å². The minimum atomic E-state index is -0.507. The van der Waals surface area contributed by atoms with Crippen molar-refractivity contribution < 1.29 is 23.7 Å². The van der Waals surface area contributed by atoms with E-state index in [0.717, 1.165) is 16.3 Å². The smallest absolute Gasteiger partial charge is 0.262 e. The van der Waals surface area contributed by atoms with Crippen LogP contribution in [0.5, 0.6) is 23.0 Å². The van der Waals surface area contributed by atoms with Crippen LogP contribution in [0, 0.1) is 11.3 Å². The minimum Gasteiger partial charge on any atom is -0.497 e. The molecule has 3 aromatic carbocycles. The van der Waals surface area contributed by atoms with E-state index < -0.39 is 5.91 Å². The molecule has 3 aromatic rings. The lowest BCUT2D eigenvalue weighted by Crippen LogP contribution is -2.24. The van der Waals surface area contributed by atoms with Crippen LogP contribution in [0.15, 0.2) is 54.1 Å². The second-order valence-corrected chi connectivity index (χ2v) is 6.80. The van der Waals surface area contributed by atoms with Crippen molar-refractivity contribution in [1.82, 2.24) is 5.32 Å². The Labute approximate surface area is 186 Å². The molecule has 0 fully saturated rings. The van der Waals surface area contributed by atoms with Crippen molar-refractivity contribution in [3.05, 3.63) is 65.2 Å². The van der Waals surface area contributed by atoms with Gasteiger partial charge in [0.2, 0.25) is 0 Å². The highest BCUT2D eigenvalue weighted by molar-refractivity contribution is 6.05. The van der Waals surface area contributed by atoms with Crippen molar-refractivity contribution >= 4 is 22.8 Å². The number of nitriles is 1. The molecule has 7 nitrogen and oxygen atoms in total. The number of ether oxygens (including phenoxy) is 4. The number of nitrogens with zero attached hydrogens (tertiary/aromatic N) is 1. The van der Waals surface area contributed by atoms with E-state index in [1.807, 2.05) is 30.3 Å². The van der Waals surface area contributed by atoms with Gasteiger partial charge < -0.3 is 24.3 Å². The zero-order chi connectivity index (χ0) is 23.1. The molecule has 0 aliphatic carbocycles. The molecule has 0 saturated heterocycles. The Balaban J connectivity index is 1.93. The maximum Gasteiger partial charge on any atom is 0.262 e. The molecule has 0 unspecified atom stereocenters. The van der Waals surface area contributed by atoms with Gasteiger partial charge in [0.15, 0.2) is 0 Å². The van der Waals surface area contributed by atoms with Crippen LogP contribution in [0.2, 0.25) is 0 Å². The van der Waals surface area contributed by atoms with Gasteiger partial charge in [0.05, 0.1) is 28.4 Å². The number of benzene rings is 3. The van der Waals surface area contributed by atoms with Crippen molar-refractivity contribution in [1.29, 1.82) is 5.26 Å². The zero-order valence-corrected chi connectivity index (χ0v) is 18.4. The number of rotatable bonds is 8. The van der Waals surface area contributed by atoms with Crippen LogP contribution in [-0.2, 0) is 11.3 Å². The number of fused-ring (bicyclic) bond motifs is 1. The van der Waals surface area contributed by atoms with Gasteiger partial charge in [0.25, 0.3) is 5.91 Å². The highest BCUT2D eigenvalue weighted by Gasteiger charge is 2.15. The molecule has 0 spiro atoms. The maximum absolute atomic E-state index is 12.8. The third-order valence-corrected chi connectivity index (χ3v) is 5.04.